The standard InChI is InChI=1S/C47H42BN/c1-44(2)32-19-10-11-20-33(32)47(7)34-21-12-14-24-38(34)48(39-25-16-23-36(44)42(39)47)49-40-26-15-13-22-35(40)45(3,4)37-28-27-30-29-17-8-9-18-31(29)46(5,6)41(30)43(37)49/h8-28H,1-7H3. The Kier molecular flexibility index (Phi) is 5.49. The molecule has 0 saturated carbocycles. The Labute approximate surface area is 291 Å². The van der Waals surface area contributed by atoms with Gasteiger partial charge in [0.15, 0.2) is 0 Å². The highest BCUT2D eigenvalue weighted by molar-refractivity contribution is 6.90. The Morgan fingerprint density at radius 3 is 1.73 bits per heavy atom. The van der Waals surface area contributed by atoms with Gasteiger partial charge in [-0.25, -0.2) is 0 Å². The average molecular weight is 632 g/mol. The van der Waals surface area contributed by atoms with Crippen molar-refractivity contribution in [2.75, 3.05) is 4.81 Å². The molecule has 1 atom stereocenters. The molecule has 0 amide bonds. The molecule has 0 fully saturated rings. The maximum atomic E-state index is 2.78. The van der Waals surface area contributed by atoms with Crippen LogP contribution in [0.3, 0.4) is 0 Å². The summed E-state index contributed by atoms with van der Waals surface area (Å²) in [6, 6.07) is 49.0. The van der Waals surface area contributed by atoms with Gasteiger partial charge in [0.1, 0.15) is 0 Å². The van der Waals surface area contributed by atoms with E-state index in [2.05, 4.69) is 181 Å². The summed E-state index contributed by atoms with van der Waals surface area (Å²) in [5.41, 5.74) is 20.4. The average Bonchev–Trinajstić information content (AvgIpc) is 3.35. The third-order valence-corrected chi connectivity index (χ3v) is 13.2. The summed E-state index contributed by atoms with van der Waals surface area (Å²) in [4.78, 5) is 2.78. The van der Waals surface area contributed by atoms with Gasteiger partial charge >= 0.3 is 6.85 Å². The molecule has 6 aromatic carbocycles. The van der Waals surface area contributed by atoms with E-state index in [9.17, 15) is 0 Å². The molecule has 2 aliphatic heterocycles. The third-order valence-electron chi connectivity index (χ3n) is 13.2. The van der Waals surface area contributed by atoms with Crippen molar-refractivity contribution in [3.63, 3.8) is 0 Å². The Morgan fingerprint density at radius 1 is 0.388 bits per heavy atom. The molecule has 238 valence electrons. The predicted molar refractivity (Wildman–Crippen MR) is 207 cm³/mol. The number of anilines is 2. The molecule has 2 heteroatoms. The lowest BCUT2D eigenvalue weighted by Gasteiger charge is -2.53. The highest BCUT2D eigenvalue weighted by atomic mass is 15.1. The lowest BCUT2D eigenvalue weighted by atomic mass is 9.37. The van der Waals surface area contributed by atoms with Crippen LogP contribution >= 0.6 is 0 Å². The van der Waals surface area contributed by atoms with Gasteiger partial charge in [0.2, 0.25) is 0 Å². The number of benzene rings is 6. The van der Waals surface area contributed by atoms with E-state index in [1.807, 2.05) is 0 Å². The van der Waals surface area contributed by atoms with Gasteiger partial charge in [-0.15, -0.1) is 0 Å². The fourth-order valence-electron chi connectivity index (χ4n) is 10.9. The van der Waals surface area contributed by atoms with Crippen LogP contribution in [0, 0.1) is 0 Å². The molecule has 0 radical (unpaired) electrons. The van der Waals surface area contributed by atoms with Crippen molar-refractivity contribution >= 4 is 29.1 Å². The molecule has 0 spiro atoms. The largest absolute Gasteiger partial charge is 0.376 e. The van der Waals surface area contributed by atoms with Gasteiger partial charge in [-0.05, 0) is 85.1 Å². The molecule has 10 rings (SSSR count). The van der Waals surface area contributed by atoms with Crippen LogP contribution in [0.25, 0.3) is 11.1 Å². The number of hydrogen-bond acceptors (Lipinski definition) is 1. The van der Waals surface area contributed by atoms with Crippen LogP contribution in [0.5, 0.6) is 0 Å². The Bertz CT molecular complexity index is 2410. The molecule has 1 unspecified atom stereocenters. The summed E-state index contributed by atoms with van der Waals surface area (Å²) in [6.07, 6.45) is 0. The molecular formula is C47H42BN. The fourth-order valence-corrected chi connectivity index (χ4v) is 10.9. The maximum absolute atomic E-state index is 2.78. The van der Waals surface area contributed by atoms with Crippen LogP contribution in [0.15, 0.2) is 127 Å². The first-order valence-corrected chi connectivity index (χ1v) is 18.0. The molecule has 0 saturated heterocycles. The SMILES string of the molecule is CC1(C)c2ccccc2N(B2c3ccccc3C3(C)c4ccccc4C(C)(C)c4cccc2c43)c2c1ccc1c2C(C)(C)c2ccccc2-1. The van der Waals surface area contributed by atoms with Crippen LogP contribution in [0.4, 0.5) is 11.4 Å². The molecule has 2 heterocycles. The van der Waals surface area contributed by atoms with Crippen molar-refractivity contribution in [2.45, 2.75) is 70.1 Å². The van der Waals surface area contributed by atoms with Crippen molar-refractivity contribution in [3.05, 3.63) is 177 Å². The Morgan fingerprint density at radius 2 is 0.959 bits per heavy atom. The summed E-state index contributed by atoms with van der Waals surface area (Å²) in [5, 5.41) is 0. The topological polar surface area (TPSA) is 3.24 Å². The molecule has 0 N–H and O–H groups in total. The van der Waals surface area contributed by atoms with Gasteiger partial charge in [0.25, 0.3) is 0 Å². The fraction of sp³-hybridized carbons (Fsp3) is 0.234. The van der Waals surface area contributed by atoms with Gasteiger partial charge in [-0.1, -0.05) is 163 Å². The molecule has 49 heavy (non-hydrogen) atoms. The van der Waals surface area contributed by atoms with Crippen molar-refractivity contribution in [3.8, 4) is 11.1 Å². The zero-order valence-electron chi connectivity index (χ0n) is 29.6. The van der Waals surface area contributed by atoms with Crippen molar-refractivity contribution in [1.29, 1.82) is 0 Å². The van der Waals surface area contributed by atoms with E-state index in [-0.39, 0.29) is 28.5 Å². The Balaban J connectivity index is 1.36. The minimum atomic E-state index is -0.267. The summed E-state index contributed by atoms with van der Waals surface area (Å²) in [6.45, 7) is 17.1. The van der Waals surface area contributed by atoms with Gasteiger partial charge in [-0.3, -0.25) is 0 Å². The lowest BCUT2D eigenvalue weighted by Crippen LogP contribution is -2.65. The summed E-state index contributed by atoms with van der Waals surface area (Å²) >= 11 is 0. The smallest absolute Gasteiger partial charge is 0.328 e. The summed E-state index contributed by atoms with van der Waals surface area (Å²) < 4.78 is 0. The molecule has 0 bridgehead atoms. The van der Waals surface area contributed by atoms with Gasteiger partial charge in [0, 0.05) is 33.0 Å². The van der Waals surface area contributed by atoms with Crippen LogP contribution in [0.1, 0.15) is 98.5 Å². The highest BCUT2D eigenvalue weighted by Gasteiger charge is 2.55. The Hall–Kier alpha value is -4.82. The van der Waals surface area contributed by atoms with Crippen LogP contribution in [0.2, 0.25) is 0 Å². The molecule has 6 aromatic rings. The number of nitrogens with zero attached hydrogens (tertiary/aromatic N) is 1. The minimum Gasteiger partial charge on any atom is -0.376 e. The molecule has 4 aliphatic rings. The second kappa shape index (κ2) is 9.24. The lowest BCUT2D eigenvalue weighted by molar-refractivity contribution is 0.544. The van der Waals surface area contributed by atoms with E-state index in [0.29, 0.717) is 0 Å². The van der Waals surface area contributed by atoms with E-state index >= 15 is 0 Å². The molecular weight excluding hydrogens is 589 g/mol. The molecule has 1 nitrogen and oxygen atoms in total. The first-order valence-electron chi connectivity index (χ1n) is 18.0. The quantitative estimate of drug-likeness (QED) is 0.163. The second-order valence-corrected chi connectivity index (χ2v) is 16.6. The maximum Gasteiger partial charge on any atom is 0.328 e. The number of hydrogen-bond donors (Lipinski definition) is 0. The van der Waals surface area contributed by atoms with Crippen LogP contribution in [-0.2, 0) is 21.7 Å². The number of rotatable bonds is 1. The highest BCUT2D eigenvalue weighted by Crippen LogP contribution is 2.60. The molecule has 0 aromatic heterocycles. The first kappa shape index (κ1) is 29.1. The van der Waals surface area contributed by atoms with Gasteiger partial charge < -0.3 is 4.81 Å². The summed E-state index contributed by atoms with van der Waals surface area (Å²) in [5.74, 6) is 0. The van der Waals surface area contributed by atoms with Gasteiger partial charge in [0.05, 0.1) is 0 Å². The minimum absolute atomic E-state index is 0.00213. The van der Waals surface area contributed by atoms with E-state index < -0.39 is 0 Å². The zero-order chi connectivity index (χ0) is 33.7. The van der Waals surface area contributed by atoms with E-state index in [1.165, 1.54) is 83.5 Å². The predicted octanol–water partition coefficient (Wildman–Crippen LogP) is 9.88. The normalized spacial score (nSPS) is 20.6. The van der Waals surface area contributed by atoms with E-state index in [4.69, 9.17) is 0 Å². The van der Waals surface area contributed by atoms with Crippen molar-refractivity contribution in [2.24, 2.45) is 0 Å². The van der Waals surface area contributed by atoms with Crippen molar-refractivity contribution < 1.29 is 0 Å². The second-order valence-electron chi connectivity index (χ2n) is 16.6. The monoisotopic (exact) mass is 631 g/mol. The third kappa shape index (κ3) is 3.34. The molecule has 2 aliphatic carbocycles. The first-order chi connectivity index (χ1) is 23.5. The summed E-state index contributed by atoms with van der Waals surface area (Å²) in [7, 11) is 0. The number of para-hydroxylation sites is 1. The zero-order valence-corrected chi connectivity index (χ0v) is 29.6. The van der Waals surface area contributed by atoms with E-state index in [0.717, 1.165) is 0 Å². The number of fused-ring (bicyclic) bond motifs is 10. The van der Waals surface area contributed by atoms with E-state index in [1.54, 1.807) is 0 Å². The van der Waals surface area contributed by atoms with Crippen LogP contribution < -0.4 is 15.7 Å². The van der Waals surface area contributed by atoms with Crippen LogP contribution in [-0.4, -0.2) is 6.85 Å². The van der Waals surface area contributed by atoms with Gasteiger partial charge in [-0.2, -0.15) is 0 Å². The van der Waals surface area contributed by atoms with Crippen molar-refractivity contribution in [1.82, 2.24) is 0 Å².